The molecule has 0 rings (SSSR count). The topological polar surface area (TPSA) is 76.2 Å². The molecule has 0 N–H and O–H groups in total. The first kappa shape index (κ1) is 19.3. The van der Waals surface area contributed by atoms with Crippen molar-refractivity contribution in [1.29, 1.82) is 0 Å². The first-order valence-corrected chi connectivity index (χ1v) is 8.50. The Hall–Kier alpha value is -0.700. The number of hydrogen-bond acceptors (Lipinski definition) is 6. The normalized spacial score (nSPS) is 11.8. The molecule has 0 aliphatic rings. The molecule has 0 aliphatic carbocycles. The third-order valence-electron chi connectivity index (χ3n) is 2.50. The Bertz CT molecular complexity index is 370. The lowest BCUT2D eigenvalue weighted by Crippen LogP contribution is -2.34. The fourth-order valence-electron chi connectivity index (χ4n) is 1.16. The molecule has 0 atom stereocenters. The molecule has 8 heteroatoms. The van der Waals surface area contributed by atoms with E-state index in [1.54, 1.807) is 7.05 Å². The van der Waals surface area contributed by atoms with Crippen LogP contribution in [0.3, 0.4) is 0 Å². The van der Waals surface area contributed by atoms with Crippen LogP contribution in [0, 0.1) is 0 Å². The zero-order chi connectivity index (χ0) is 15.6. The van der Waals surface area contributed by atoms with Crippen molar-refractivity contribution in [3.8, 4) is 0 Å². The van der Waals surface area contributed by atoms with Gasteiger partial charge in [-0.05, 0) is 14.1 Å². The van der Waals surface area contributed by atoms with Crippen LogP contribution in [0.5, 0.6) is 0 Å². The van der Waals surface area contributed by atoms with Crippen molar-refractivity contribution < 1.29 is 22.7 Å². The third-order valence-corrected chi connectivity index (χ3v) is 3.41. The van der Waals surface area contributed by atoms with Gasteiger partial charge >= 0.3 is 0 Å². The molecule has 0 aromatic heterocycles. The van der Waals surface area contributed by atoms with Crippen LogP contribution in [0.2, 0.25) is 0 Å². The molecule has 0 spiro atoms. The highest BCUT2D eigenvalue weighted by atomic mass is 32.2. The lowest BCUT2D eigenvalue weighted by atomic mass is 10.5. The van der Waals surface area contributed by atoms with Crippen molar-refractivity contribution in [3.63, 3.8) is 0 Å². The number of hydrogen-bond donors (Lipinski definition) is 0. The largest absolute Gasteiger partial charge is 0.379 e. The molecule has 1 amide bonds. The summed E-state index contributed by atoms with van der Waals surface area (Å²) in [6.07, 6.45) is 1.16. The SMILES string of the molecule is CN(C)CCOCC(=O)N(C)CCOCCS(C)(=O)=O. The number of sulfone groups is 1. The standard InChI is InChI=1S/C12H26N2O5S/c1-13(2)5-7-19-11-12(15)14(3)6-8-18-9-10-20(4,16)17/h5-11H2,1-4H3. The van der Waals surface area contributed by atoms with Gasteiger partial charge in [0.15, 0.2) is 0 Å². The van der Waals surface area contributed by atoms with E-state index in [1.165, 1.54) is 4.90 Å². The van der Waals surface area contributed by atoms with Crippen LogP contribution in [0.1, 0.15) is 0 Å². The van der Waals surface area contributed by atoms with Crippen molar-refractivity contribution >= 4 is 15.7 Å². The van der Waals surface area contributed by atoms with Gasteiger partial charge in [0.05, 0.1) is 25.6 Å². The van der Waals surface area contributed by atoms with Crippen LogP contribution in [0.15, 0.2) is 0 Å². The molecule has 0 bridgehead atoms. The van der Waals surface area contributed by atoms with Gasteiger partial charge < -0.3 is 19.3 Å². The highest BCUT2D eigenvalue weighted by molar-refractivity contribution is 7.90. The Morgan fingerprint density at radius 2 is 1.60 bits per heavy atom. The summed E-state index contributed by atoms with van der Waals surface area (Å²) in [5, 5.41) is 0. The monoisotopic (exact) mass is 310 g/mol. The first-order chi connectivity index (χ1) is 9.22. The number of carbonyl (C=O) groups excluding carboxylic acids is 1. The van der Waals surface area contributed by atoms with Gasteiger partial charge in [0.2, 0.25) is 5.91 Å². The first-order valence-electron chi connectivity index (χ1n) is 6.44. The van der Waals surface area contributed by atoms with Crippen LogP contribution < -0.4 is 0 Å². The van der Waals surface area contributed by atoms with Crippen LogP contribution in [-0.2, 0) is 24.1 Å². The van der Waals surface area contributed by atoms with E-state index in [-0.39, 0.29) is 24.9 Å². The summed E-state index contributed by atoms with van der Waals surface area (Å²) in [5.41, 5.74) is 0. The van der Waals surface area contributed by atoms with Crippen molar-refractivity contribution in [2.75, 3.05) is 72.7 Å². The second kappa shape index (κ2) is 10.1. The van der Waals surface area contributed by atoms with E-state index < -0.39 is 9.84 Å². The summed E-state index contributed by atoms with van der Waals surface area (Å²) in [7, 11) is 2.54. The molecule has 0 unspecified atom stereocenters. The minimum absolute atomic E-state index is 0.00168. The van der Waals surface area contributed by atoms with E-state index in [2.05, 4.69) is 0 Å². The second-order valence-electron chi connectivity index (χ2n) is 4.91. The van der Waals surface area contributed by atoms with E-state index in [0.717, 1.165) is 12.8 Å². The van der Waals surface area contributed by atoms with Crippen LogP contribution in [-0.4, -0.2) is 96.8 Å². The predicted octanol–water partition coefficient (Wildman–Crippen LogP) is -0.916. The maximum Gasteiger partial charge on any atom is 0.248 e. The fraction of sp³-hybridized carbons (Fsp3) is 0.917. The summed E-state index contributed by atoms with van der Waals surface area (Å²) in [5.74, 6) is -0.117. The number of amides is 1. The summed E-state index contributed by atoms with van der Waals surface area (Å²) in [6, 6.07) is 0. The van der Waals surface area contributed by atoms with Crippen LogP contribution in [0.25, 0.3) is 0 Å². The van der Waals surface area contributed by atoms with Gasteiger partial charge in [0, 0.05) is 26.4 Å². The molecule has 0 aromatic carbocycles. The molecule has 0 aliphatic heterocycles. The highest BCUT2D eigenvalue weighted by Gasteiger charge is 2.09. The molecular formula is C12H26N2O5S. The van der Waals surface area contributed by atoms with Gasteiger partial charge in [0.25, 0.3) is 0 Å². The van der Waals surface area contributed by atoms with Crippen molar-refractivity contribution in [1.82, 2.24) is 9.80 Å². The predicted molar refractivity (Wildman–Crippen MR) is 77.5 cm³/mol. The average Bonchev–Trinajstić information content (AvgIpc) is 2.32. The number of likely N-dealkylation sites (N-methyl/N-ethyl adjacent to an activating group) is 2. The van der Waals surface area contributed by atoms with Crippen LogP contribution in [0.4, 0.5) is 0 Å². The number of nitrogens with zero attached hydrogens (tertiary/aromatic N) is 2. The lowest BCUT2D eigenvalue weighted by molar-refractivity contribution is -0.135. The summed E-state index contributed by atoms with van der Waals surface area (Å²) in [4.78, 5) is 15.1. The molecule has 7 nitrogen and oxygen atoms in total. The molecule has 20 heavy (non-hydrogen) atoms. The Labute approximate surface area is 121 Å². The van der Waals surface area contributed by atoms with Crippen molar-refractivity contribution in [3.05, 3.63) is 0 Å². The molecule has 0 aromatic rings. The molecule has 0 saturated carbocycles. The Morgan fingerprint density at radius 3 is 2.15 bits per heavy atom. The number of ether oxygens (including phenoxy) is 2. The highest BCUT2D eigenvalue weighted by Crippen LogP contribution is 1.90. The molecule has 0 saturated heterocycles. The van der Waals surface area contributed by atoms with Gasteiger partial charge in [-0.25, -0.2) is 8.42 Å². The maximum atomic E-state index is 11.6. The molecule has 0 heterocycles. The van der Waals surface area contributed by atoms with Gasteiger partial charge in [-0.3, -0.25) is 4.79 Å². The van der Waals surface area contributed by atoms with E-state index >= 15 is 0 Å². The lowest BCUT2D eigenvalue weighted by Gasteiger charge is -2.17. The van der Waals surface area contributed by atoms with E-state index in [0.29, 0.717) is 19.8 Å². The van der Waals surface area contributed by atoms with Gasteiger partial charge in [-0.1, -0.05) is 0 Å². The average molecular weight is 310 g/mol. The molecule has 120 valence electrons. The van der Waals surface area contributed by atoms with Gasteiger partial charge in [-0.2, -0.15) is 0 Å². The maximum absolute atomic E-state index is 11.6. The van der Waals surface area contributed by atoms with E-state index in [9.17, 15) is 13.2 Å². The minimum Gasteiger partial charge on any atom is -0.379 e. The molecule has 0 fully saturated rings. The Morgan fingerprint density at radius 1 is 1.00 bits per heavy atom. The third kappa shape index (κ3) is 12.3. The van der Waals surface area contributed by atoms with Gasteiger partial charge in [0.1, 0.15) is 16.4 Å². The summed E-state index contributed by atoms with van der Waals surface area (Å²) >= 11 is 0. The molecular weight excluding hydrogens is 284 g/mol. The molecule has 0 radical (unpaired) electrons. The number of rotatable bonds is 11. The van der Waals surface area contributed by atoms with Crippen molar-refractivity contribution in [2.24, 2.45) is 0 Å². The Kier molecular flexibility index (Phi) is 9.74. The smallest absolute Gasteiger partial charge is 0.248 e. The minimum atomic E-state index is -2.99. The van der Waals surface area contributed by atoms with E-state index in [1.807, 2.05) is 19.0 Å². The number of carbonyl (C=O) groups is 1. The van der Waals surface area contributed by atoms with Gasteiger partial charge in [-0.15, -0.1) is 0 Å². The zero-order valence-corrected chi connectivity index (χ0v) is 13.6. The quantitative estimate of drug-likeness (QED) is 0.460. The second-order valence-corrected chi connectivity index (χ2v) is 7.17. The van der Waals surface area contributed by atoms with Crippen molar-refractivity contribution in [2.45, 2.75) is 0 Å². The fourth-order valence-corrected chi connectivity index (χ4v) is 1.58. The summed E-state index contributed by atoms with van der Waals surface area (Å²) in [6.45, 7) is 2.21. The zero-order valence-electron chi connectivity index (χ0n) is 12.8. The summed E-state index contributed by atoms with van der Waals surface area (Å²) < 4.78 is 32.1. The van der Waals surface area contributed by atoms with Crippen LogP contribution >= 0.6 is 0 Å². The Balaban J connectivity index is 3.60. The van der Waals surface area contributed by atoms with E-state index in [4.69, 9.17) is 9.47 Å².